The number of nitrogens with one attached hydrogen (secondary N) is 2. The van der Waals surface area contributed by atoms with Gasteiger partial charge in [0.1, 0.15) is 5.82 Å². The number of hydrogen-bond acceptors (Lipinski definition) is 2. The summed E-state index contributed by atoms with van der Waals surface area (Å²) in [6.07, 6.45) is 0.479. The van der Waals surface area contributed by atoms with Crippen molar-refractivity contribution < 1.29 is 9.18 Å². The van der Waals surface area contributed by atoms with Gasteiger partial charge in [-0.25, -0.2) is 4.39 Å². The van der Waals surface area contributed by atoms with Crippen molar-refractivity contribution >= 4 is 27.5 Å². The Morgan fingerprint density at radius 1 is 1.23 bits per heavy atom. The molecule has 2 N–H and O–H groups in total. The minimum absolute atomic E-state index is 0.121. The van der Waals surface area contributed by atoms with E-state index in [0.717, 1.165) is 15.7 Å². The standard InChI is InChI=1S/C17H18BrFN2O/c1-12-6-7-16(14(18)10-12)21-11-17(22)20-9-8-13-4-2-3-5-15(13)19/h2-7,10,21H,8-9,11H2,1H3,(H,20,22). The summed E-state index contributed by atoms with van der Waals surface area (Å²) in [5, 5.41) is 5.84. The number of rotatable bonds is 6. The van der Waals surface area contributed by atoms with Crippen molar-refractivity contribution in [1.29, 1.82) is 0 Å². The summed E-state index contributed by atoms with van der Waals surface area (Å²) in [5.74, 6) is -0.359. The van der Waals surface area contributed by atoms with Gasteiger partial charge in [-0.1, -0.05) is 24.3 Å². The fraction of sp³-hybridized carbons (Fsp3) is 0.235. The molecule has 2 aromatic rings. The van der Waals surface area contributed by atoms with Crippen LogP contribution < -0.4 is 10.6 Å². The summed E-state index contributed by atoms with van der Waals surface area (Å²) >= 11 is 3.45. The van der Waals surface area contributed by atoms with Crippen molar-refractivity contribution in [2.45, 2.75) is 13.3 Å². The monoisotopic (exact) mass is 364 g/mol. The molecule has 0 spiro atoms. The third kappa shape index (κ3) is 4.84. The molecule has 22 heavy (non-hydrogen) atoms. The Morgan fingerprint density at radius 2 is 2.00 bits per heavy atom. The normalized spacial score (nSPS) is 10.3. The van der Waals surface area contributed by atoms with Crippen molar-refractivity contribution in [2.75, 3.05) is 18.4 Å². The lowest BCUT2D eigenvalue weighted by Gasteiger charge is -2.10. The fourth-order valence-electron chi connectivity index (χ4n) is 2.04. The highest BCUT2D eigenvalue weighted by atomic mass is 79.9. The van der Waals surface area contributed by atoms with Gasteiger partial charge in [-0.3, -0.25) is 4.79 Å². The molecule has 0 aliphatic rings. The largest absolute Gasteiger partial charge is 0.375 e. The summed E-state index contributed by atoms with van der Waals surface area (Å²) in [6.45, 7) is 2.60. The molecule has 2 aromatic carbocycles. The van der Waals surface area contributed by atoms with Crippen LogP contribution in [0, 0.1) is 12.7 Å². The van der Waals surface area contributed by atoms with Gasteiger partial charge in [0.15, 0.2) is 0 Å². The van der Waals surface area contributed by atoms with Gasteiger partial charge in [-0.15, -0.1) is 0 Å². The van der Waals surface area contributed by atoms with Crippen LogP contribution in [-0.2, 0) is 11.2 Å². The summed E-state index contributed by atoms with van der Waals surface area (Å²) in [4.78, 5) is 11.8. The SMILES string of the molecule is Cc1ccc(NCC(=O)NCCc2ccccc2F)c(Br)c1. The van der Waals surface area contributed by atoms with Crippen LogP contribution in [0.4, 0.5) is 10.1 Å². The highest BCUT2D eigenvalue weighted by molar-refractivity contribution is 9.10. The highest BCUT2D eigenvalue weighted by Crippen LogP contribution is 2.22. The molecule has 0 saturated heterocycles. The maximum Gasteiger partial charge on any atom is 0.239 e. The van der Waals surface area contributed by atoms with Gasteiger partial charge in [-0.05, 0) is 58.6 Å². The number of anilines is 1. The molecular weight excluding hydrogens is 347 g/mol. The Bertz CT molecular complexity index is 661. The van der Waals surface area contributed by atoms with Crippen LogP contribution >= 0.6 is 15.9 Å². The summed E-state index contributed by atoms with van der Waals surface area (Å²) in [7, 11) is 0. The summed E-state index contributed by atoms with van der Waals surface area (Å²) in [6, 6.07) is 12.5. The second-order valence-corrected chi connectivity index (χ2v) is 5.88. The van der Waals surface area contributed by atoms with Gasteiger partial charge in [0.05, 0.1) is 6.54 Å². The maximum absolute atomic E-state index is 13.4. The Kier molecular flexibility index (Phi) is 5.95. The first-order chi connectivity index (χ1) is 10.6. The average Bonchev–Trinajstić information content (AvgIpc) is 2.48. The molecule has 2 rings (SSSR count). The average molecular weight is 365 g/mol. The first-order valence-corrected chi connectivity index (χ1v) is 7.85. The molecule has 5 heteroatoms. The van der Waals surface area contributed by atoms with Gasteiger partial charge in [0.2, 0.25) is 5.91 Å². The number of benzene rings is 2. The van der Waals surface area contributed by atoms with Crippen molar-refractivity contribution in [3.63, 3.8) is 0 Å². The molecule has 0 aliphatic heterocycles. The number of aryl methyl sites for hydroxylation is 1. The number of amides is 1. The van der Waals surface area contributed by atoms with Crippen LogP contribution in [0.3, 0.4) is 0 Å². The van der Waals surface area contributed by atoms with Crippen LogP contribution in [0.1, 0.15) is 11.1 Å². The summed E-state index contributed by atoms with van der Waals surface area (Å²) in [5.41, 5.74) is 2.62. The molecule has 0 saturated carbocycles. The molecule has 0 bridgehead atoms. The fourth-order valence-corrected chi connectivity index (χ4v) is 2.67. The zero-order valence-corrected chi connectivity index (χ0v) is 13.9. The van der Waals surface area contributed by atoms with E-state index in [2.05, 4.69) is 26.6 Å². The predicted molar refractivity (Wildman–Crippen MR) is 90.5 cm³/mol. The zero-order valence-electron chi connectivity index (χ0n) is 12.3. The third-order valence-electron chi connectivity index (χ3n) is 3.24. The van der Waals surface area contributed by atoms with Gasteiger partial charge < -0.3 is 10.6 Å². The topological polar surface area (TPSA) is 41.1 Å². The molecule has 0 radical (unpaired) electrons. The predicted octanol–water partition coefficient (Wildman–Crippen LogP) is 3.67. The van der Waals surface area contributed by atoms with Crippen molar-refractivity contribution in [3.05, 3.63) is 63.9 Å². The van der Waals surface area contributed by atoms with E-state index in [1.165, 1.54) is 6.07 Å². The van der Waals surface area contributed by atoms with E-state index in [0.29, 0.717) is 18.5 Å². The number of carbonyl (C=O) groups excluding carboxylic acids is 1. The minimum Gasteiger partial charge on any atom is -0.375 e. The van der Waals surface area contributed by atoms with Crippen molar-refractivity contribution in [2.24, 2.45) is 0 Å². The van der Waals surface area contributed by atoms with E-state index >= 15 is 0 Å². The van der Waals surface area contributed by atoms with E-state index in [9.17, 15) is 9.18 Å². The molecule has 0 fully saturated rings. The highest BCUT2D eigenvalue weighted by Gasteiger charge is 2.05. The van der Waals surface area contributed by atoms with Gasteiger partial charge in [0.25, 0.3) is 0 Å². The second kappa shape index (κ2) is 7.94. The summed E-state index contributed by atoms with van der Waals surface area (Å²) < 4.78 is 14.4. The van der Waals surface area contributed by atoms with E-state index in [1.54, 1.807) is 18.2 Å². The smallest absolute Gasteiger partial charge is 0.239 e. The number of halogens is 2. The lowest BCUT2D eigenvalue weighted by Crippen LogP contribution is -2.31. The molecule has 0 atom stereocenters. The lowest BCUT2D eigenvalue weighted by molar-refractivity contribution is -0.119. The van der Waals surface area contributed by atoms with Crippen molar-refractivity contribution in [1.82, 2.24) is 5.32 Å². The van der Waals surface area contributed by atoms with E-state index in [1.807, 2.05) is 25.1 Å². The molecule has 0 aliphatic carbocycles. The third-order valence-corrected chi connectivity index (χ3v) is 3.89. The minimum atomic E-state index is -0.238. The van der Waals surface area contributed by atoms with Crippen LogP contribution in [0.25, 0.3) is 0 Å². The van der Waals surface area contributed by atoms with Crippen molar-refractivity contribution in [3.8, 4) is 0 Å². The first kappa shape index (κ1) is 16.5. The van der Waals surface area contributed by atoms with E-state index < -0.39 is 0 Å². The van der Waals surface area contributed by atoms with Gasteiger partial charge in [-0.2, -0.15) is 0 Å². The first-order valence-electron chi connectivity index (χ1n) is 7.06. The molecule has 0 aromatic heterocycles. The molecule has 3 nitrogen and oxygen atoms in total. The van der Waals surface area contributed by atoms with Gasteiger partial charge in [0, 0.05) is 16.7 Å². The zero-order chi connectivity index (χ0) is 15.9. The van der Waals surface area contributed by atoms with Crippen LogP contribution in [0.15, 0.2) is 46.9 Å². The van der Waals surface area contributed by atoms with E-state index in [4.69, 9.17) is 0 Å². The second-order valence-electron chi connectivity index (χ2n) is 5.03. The number of carbonyl (C=O) groups is 1. The maximum atomic E-state index is 13.4. The molecule has 1 amide bonds. The van der Waals surface area contributed by atoms with E-state index in [-0.39, 0.29) is 18.3 Å². The lowest BCUT2D eigenvalue weighted by atomic mass is 10.1. The van der Waals surface area contributed by atoms with Crippen LogP contribution in [0.2, 0.25) is 0 Å². The Morgan fingerprint density at radius 3 is 2.73 bits per heavy atom. The molecule has 116 valence electrons. The Hall–Kier alpha value is -1.88. The Labute approximate surface area is 138 Å². The Balaban J connectivity index is 1.75. The van der Waals surface area contributed by atoms with Crippen LogP contribution in [0.5, 0.6) is 0 Å². The quantitative estimate of drug-likeness (QED) is 0.820. The van der Waals surface area contributed by atoms with Crippen LogP contribution in [-0.4, -0.2) is 19.0 Å². The molecular formula is C17H18BrFN2O. The molecule has 0 heterocycles. The molecule has 0 unspecified atom stereocenters. The van der Waals surface area contributed by atoms with Gasteiger partial charge >= 0.3 is 0 Å². The number of hydrogen-bond donors (Lipinski definition) is 2.